The molecule has 0 unspecified atom stereocenters. The quantitative estimate of drug-likeness (QED) is 0.329. The van der Waals surface area contributed by atoms with Crippen molar-refractivity contribution < 1.29 is 13.6 Å². The van der Waals surface area contributed by atoms with Gasteiger partial charge in [-0.1, -0.05) is 30.3 Å². The predicted molar refractivity (Wildman–Crippen MR) is 148 cm³/mol. The molecule has 0 spiro atoms. The maximum Gasteiger partial charge on any atom is 0.272 e. The molecule has 0 bridgehead atoms. The number of imidazole rings is 1. The third kappa shape index (κ3) is 5.17. The predicted octanol–water partition coefficient (Wildman–Crippen LogP) is 3.91. The number of amides is 1. The van der Waals surface area contributed by atoms with Gasteiger partial charge in [-0.05, 0) is 35.9 Å². The van der Waals surface area contributed by atoms with E-state index in [2.05, 4.69) is 26.2 Å². The van der Waals surface area contributed by atoms with E-state index in [1.165, 1.54) is 18.2 Å². The Bertz CT molecular complexity index is 1880. The van der Waals surface area contributed by atoms with E-state index in [0.717, 1.165) is 0 Å². The molecule has 11 heteroatoms. The fraction of sp³-hybridized carbons (Fsp3) is 0.233. The van der Waals surface area contributed by atoms with Crippen LogP contribution in [0.5, 0.6) is 0 Å². The van der Waals surface area contributed by atoms with Gasteiger partial charge in [0.1, 0.15) is 17.2 Å². The van der Waals surface area contributed by atoms with Crippen LogP contribution in [0, 0.1) is 23.0 Å². The minimum atomic E-state index is -0.652. The topological polar surface area (TPSA) is 122 Å². The van der Waals surface area contributed by atoms with E-state index >= 15 is 4.39 Å². The van der Waals surface area contributed by atoms with Crippen LogP contribution in [0.2, 0.25) is 0 Å². The maximum atomic E-state index is 15.0. The van der Waals surface area contributed by atoms with E-state index in [0.29, 0.717) is 53.0 Å². The molecule has 0 radical (unpaired) electrons. The monoisotopic (exact) mass is 553 g/mol. The number of nitrogens with one attached hydrogen (secondary N) is 2. The highest BCUT2D eigenvalue weighted by atomic mass is 19.1. The Morgan fingerprint density at radius 3 is 2.68 bits per heavy atom. The van der Waals surface area contributed by atoms with Gasteiger partial charge in [-0.25, -0.2) is 18.9 Å². The van der Waals surface area contributed by atoms with Crippen molar-refractivity contribution in [2.24, 2.45) is 0 Å². The van der Waals surface area contributed by atoms with Gasteiger partial charge >= 0.3 is 0 Å². The van der Waals surface area contributed by atoms with Crippen molar-refractivity contribution in [3.63, 3.8) is 0 Å². The molecular weight excluding hydrogens is 528 g/mol. The molecule has 1 saturated heterocycles. The van der Waals surface area contributed by atoms with Gasteiger partial charge in [0, 0.05) is 31.4 Å². The maximum absolute atomic E-state index is 15.0. The van der Waals surface area contributed by atoms with Gasteiger partial charge in [-0.15, -0.1) is 0 Å². The van der Waals surface area contributed by atoms with Gasteiger partial charge in [0.05, 0.1) is 47.2 Å². The summed E-state index contributed by atoms with van der Waals surface area (Å²) in [6.07, 6.45) is 0.358. The lowest BCUT2D eigenvalue weighted by Crippen LogP contribution is -2.55. The largest absolute Gasteiger partial charge is 0.341 e. The van der Waals surface area contributed by atoms with E-state index in [1.54, 1.807) is 41.3 Å². The van der Waals surface area contributed by atoms with Crippen molar-refractivity contribution >= 4 is 27.7 Å². The Balaban J connectivity index is 1.21. The van der Waals surface area contributed by atoms with E-state index in [1.807, 2.05) is 11.0 Å². The highest BCUT2D eigenvalue weighted by molar-refractivity contribution is 5.95. The molecule has 2 aromatic heterocycles. The zero-order valence-electron chi connectivity index (χ0n) is 21.9. The van der Waals surface area contributed by atoms with E-state index in [9.17, 15) is 19.2 Å². The first kappa shape index (κ1) is 26.3. The van der Waals surface area contributed by atoms with Crippen LogP contribution >= 0.6 is 0 Å². The number of rotatable bonds is 6. The van der Waals surface area contributed by atoms with Gasteiger partial charge in [-0.2, -0.15) is 10.4 Å². The van der Waals surface area contributed by atoms with E-state index in [-0.39, 0.29) is 36.0 Å². The van der Waals surface area contributed by atoms with Crippen LogP contribution in [0.3, 0.4) is 0 Å². The summed E-state index contributed by atoms with van der Waals surface area (Å²) in [6.45, 7) is 1.53. The molecule has 5 aromatic rings. The van der Waals surface area contributed by atoms with Gasteiger partial charge in [0.25, 0.3) is 11.5 Å². The highest BCUT2D eigenvalue weighted by Crippen LogP contribution is 2.23. The summed E-state index contributed by atoms with van der Waals surface area (Å²) in [7, 11) is 0. The van der Waals surface area contributed by atoms with Crippen molar-refractivity contribution in [3.05, 3.63) is 105 Å². The van der Waals surface area contributed by atoms with Gasteiger partial charge in [0.15, 0.2) is 5.82 Å². The molecule has 3 heterocycles. The number of hydrogen-bond donors (Lipinski definition) is 2. The summed E-state index contributed by atoms with van der Waals surface area (Å²) >= 11 is 0. The number of benzene rings is 3. The summed E-state index contributed by atoms with van der Waals surface area (Å²) in [5.41, 5.74) is 1.75. The molecule has 1 aliphatic heterocycles. The van der Waals surface area contributed by atoms with Crippen LogP contribution < -0.4 is 5.56 Å². The summed E-state index contributed by atoms with van der Waals surface area (Å²) in [6, 6.07) is 17.9. The number of para-hydroxylation sites is 1. The fourth-order valence-corrected chi connectivity index (χ4v) is 5.45. The van der Waals surface area contributed by atoms with Crippen LogP contribution in [-0.2, 0) is 13.0 Å². The lowest BCUT2D eigenvalue weighted by atomic mass is 10.0. The molecule has 2 N–H and O–H groups in total. The Hall–Kier alpha value is -4.95. The molecule has 0 aliphatic carbocycles. The van der Waals surface area contributed by atoms with Crippen LogP contribution in [-0.4, -0.2) is 61.5 Å². The van der Waals surface area contributed by atoms with Crippen LogP contribution in [0.15, 0.2) is 65.5 Å². The molecule has 3 aromatic carbocycles. The number of nitriles is 1. The standard InChI is InChI=1S/C30H25F2N7O2/c31-23-9-8-18(15-26-20-4-1-2-5-21(20)29(40)37-36-26)14-22(23)30(41)39-13-12-38(16-19(39)10-11-33)17-27-34-25-7-3-6-24(32)28(25)35-27/h1-9,14,19H,10,12-13,15-17H2,(H,34,35)(H,37,40)/t19-/m1/s1. The number of aromatic amines is 2. The number of carbonyl (C=O) groups is 1. The second kappa shape index (κ2) is 10.9. The average molecular weight is 554 g/mol. The van der Waals surface area contributed by atoms with Crippen molar-refractivity contribution in [2.75, 3.05) is 19.6 Å². The first-order chi connectivity index (χ1) is 19.9. The van der Waals surface area contributed by atoms with Gasteiger partial charge in [0.2, 0.25) is 0 Å². The fourth-order valence-electron chi connectivity index (χ4n) is 5.45. The van der Waals surface area contributed by atoms with E-state index < -0.39 is 23.6 Å². The molecule has 1 aliphatic rings. The third-order valence-corrected chi connectivity index (χ3v) is 7.45. The van der Waals surface area contributed by atoms with Gasteiger partial charge in [-0.3, -0.25) is 14.5 Å². The Labute approximate surface area is 233 Å². The summed E-state index contributed by atoms with van der Waals surface area (Å²) < 4.78 is 29.1. The van der Waals surface area contributed by atoms with Crippen molar-refractivity contribution in [3.8, 4) is 6.07 Å². The molecule has 1 atom stereocenters. The molecular formula is C30H25F2N7O2. The summed E-state index contributed by atoms with van der Waals surface area (Å²) in [5, 5.41) is 17.4. The number of aromatic nitrogens is 4. The molecule has 41 heavy (non-hydrogen) atoms. The summed E-state index contributed by atoms with van der Waals surface area (Å²) in [4.78, 5) is 36.9. The Morgan fingerprint density at radius 2 is 1.88 bits per heavy atom. The second-order valence-electron chi connectivity index (χ2n) is 10.1. The average Bonchev–Trinajstić information content (AvgIpc) is 3.39. The normalized spacial score (nSPS) is 15.8. The van der Waals surface area contributed by atoms with Crippen molar-refractivity contribution in [1.29, 1.82) is 5.26 Å². The molecule has 9 nitrogen and oxygen atoms in total. The lowest BCUT2D eigenvalue weighted by Gasteiger charge is -2.40. The highest BCUT2D eigenvalue weighted by Gasteiger charge is 2.32. The minimum absolute atomic E-state index is 0.0750. The number of piperazine rings is 1. The molecule has 206 valence electrons. The first-order valence-electron chi connectivity index (χ1n) is 13.2. The summed E-state index contributed by atoms with van der Waals surface area (Å²) in [5.74, 6) is -0.964. The minimum Gasteiger partial charge on any atom is -0.341 e. The number of hydrogen-bond acceptors (Lipinski definition) is 6. The second-order valence-corrected chi connectivity index (χ2v) is 10.1. The van der Waals surface area contributed by atoms with Crippen molar-refractivity contribution in [2.45, 2.75) is 25.4 Å². The molecule has 6 rings (SSSR count). The Morgan fingerprint density at radius 1 is 1.05 bits per heavy atom. The number of fused-ring (bicyclic) bond motifs is 2. The zero-order chi connectivity index (χ0) is 28.5. The van der Waals surface area contributed by atoms with Gasteiger partial charge < -0.3 is 9.88 Å². The van der Waals surface area contributed by atoms with E-state index in [4.69, 9.17) is 0 Å². The Kier molecular flexibility index (Phi) is 6.99. The van der Waals surface area contributed by atoms with Crippen LogP contribution in [0.4, 0.5) is 8.78 Å². The van der Waals surface area contributed by atoms with Crippen molar-refractivity contribution in [1.82, 2.24) is 30.0 Å². The SMILES string of the molecule is N#CC[C@@H]1CN(Cc2nc3c(F)cccc3[nH]2)CCN1C(=O)c1cc(Cc2n[nH]c(=O)c3ccccc23)ccc1F. The van der Waals surface area contributed by atoms with Crippen LogP contribution in [0.25, 0.3) is 21.8 Å². The molecule has 0 saturated carbocycles. The number of halogens is 2. The molecule has 1 fully saturated rings. The number of nitrogens with zero attached hydrogens (tertiary/aromatic N) is 5. The smallest absolute Gasteiger partial charge is 0.272 e. The van der Waals surface area contributed by atoms with Crippen LogP contribution in [0.1, 0.15) is 33.9 Å². The molecule has 1 amide bonds. The lowest BCUT2D eigenvalue weighted by molar-refractivity contribution is 0.0439. The zero-order valence-corrected chi connectivity index (χ0v) is 21.9. The number of H-pyrrole nitrogens is 2. The first-order valence-corrected chi connectivity index (χ1v) is 13.2. The number of carbonyl (C=O) groups excluding carboxylic acids is 1. The third-order valence-electron chi connectivity index (χ3n) is 7.45.